The fraction of sp³-hybridized carbons (Fsp3) is 0.667. The predicted molar refractivity (Wildman–Crippen MR) is 213 cm³/mol. The second-order valence-electron chi connectivity index (χ2n) is 15.6. The Morgan fingerprint density at radius 1 is 1.26 bits per heavy atom. The van der Waals surface area contributed by atoms with Crippen LogP contribution in [-0.4, -0.2) is 104 Å². The lowest BCUT2D eigenvalue weighted by Gasteiger charge is -2.41. The molecule has 24 heteroatoms. The van der Waals surface area contributed by atoms with Gasteiger partial charge in [0.1, 0.15) is 36.6 Å². The molecule has 5 N–H and O–H groups in total. The number of aliphatic hydroxyl groups is 1. The Kier molecular flexibility index (Phi) is 14.8. The molecule has 0 spiro atoms. The highest BCUT2D eigenvalue weighted by Gasteiger charge is 2.54. The fourth-order valence-electron chi connectivity index (χ4n) is 6.13. The minimum absolute atomic E-state index is 0.0342. The molecule has 3 aromatic rings. The largest absolute Gasteiger partial charge is 0.695 e. The lowest BCUT2D eigenvalue weighted by molar-refractivity contribution is -0.118. The Labute approximate surface area is 336 Å². The first-order chi connectivity index (χ1) is 26.8. The molecule has 57 heavy (non-hydrogen) atoms. The van der Waals surface area contributed by atoms with E-state index in [2.05, 4.69) is 56.3 Å². The number of ether oxygens (including phenoxy) is 1. The summed E-state index contributed by atoms with van der Waals surface area (Å²) in [7, 11) is -5.60. The smallest absolute Gasteiger partial charge is 0.408 e. The highest BCUT2D eigenvalue weighted by atomic mass is 32.5. The summed E-state index contributed by atoms with van der Waals surface area (Å²) in [4.78, 5) is 54.9. The van der Waals surface area contributed by atoms with E-state index in [0.717, 1.165) is 0 Å². The maximum absolute atomic E-state index is 13.2. The number of nitriles is 1. The molecule has 1 aliphatic heterocycles. The van der Waals surface area contributed by atoms with Crippen LogP contribution in [0.4, 0.5) is 11.8 Å². The molecule has 1 saturated carbocycles. The van der Waals surface area contributed by atoms with Gasteiger partial charge in [-0.05, 0) is 48.8 Å². The van der Waals surface area contributed by atoms with Crippen molar-refractivity contribution in [3.63, 3.8) is 0 Å². The number of carbonyl (C=O) groups is 1. The molecule has 9 atom stereocenters. The van der Waals surface area contributed by atoms with Crippen LogP contribution in [-0.2, 0) is 48.4 Å². The van der Waals surface area contributed by atoms with Crippen molar-refractivity contribution in [1.82, 2.24) is 29.5 Å². The number of imidazole rings is 1. The number of H-pyrrole nitrogens is 1. The van der Waals surface area contributed by atoms with E-state index in [-0.39, 0.29) is 53.7 Å². The van der Waals surface area contributed by atoms with Crippen molar-refractivity contribution in [2.75, 3.05) is 30.5 Å². The lowest BCUT2D eigenvalue weighted by atomic mass is 10.1. The van der Waals surface area contributed by atoms with Crippen molar-refractivity contribution in [2.24, 2.45) is 11.8 Å². The topological polar surface area (TPSA) is 267 Å². The predicted octanol–water partition coefficient (Wildman–Crippen LogP) is 4.27. The molecule has 20 nitrogen and oxygen atoms in total. The summed E-state index contributed by atoms with van der Waals surface area (Å²) in [5.74, 6) is -0.805. The van der Waals surface area contributed by atoms with Gasteiger partial charge in [0, 0.05) is 28.6 Å². The zero-order valence-corrected chi connectivity index (χ0v) is 36.3. The van der Waals surface area contributed by atoms with Crippen molar-refractivity contribution in [2.45, 2.75) is 109 Å². The molecule has 0 bridgehead atoms. The summed E-state index contributed by atoms with van der Waals surface area (Å²) in [6.07, 6.45) is 0.0256. The number of fused-ring (bicyclic) bond motifs is 1. The fourth-order valence-corrected chi connectivity index (χ4v) is 10.1. The van der Waals surface area contributed by atoms with Gasteiger partial charge in [0.15, 0.2) is 25.7 Å². The number of hydrogen-bond donors (Lipinski definition) is 5. The number of aromatic nitrogens is 6. The van der Waals surface area contributed by atoms with Crippen LogP contribution in [0, 0.1) is 23.2 Å². The Bertz CT molecular complexity index is 2030. The number of anilines is 2. The Balaban J connectivity index is 1.52. The molecule has 3 aromatic heterocycles. The maximum atomic E-state index is 13.2. The van der Waals surface area contributed by atoms with Crippen LogP contribution in [0.15, 0.2) is 29.7 Å². The van der Waals surface area contributed by atoms with Gasteiger partial charge in [0.05, 0.1) is 38.6 Å². The number of rotatable bonds is 18. The van der Waals surface area contributed by atoms with E-state index in [1.807, 2.05) is 19.2 Å². The second-order valence-corrected chi connectivity index (χ2v) is 24.0. The average Bonchev–Trinajstić information content (AvgIpc) is 3.82. The molecule has 2 fully saturated rings. The number of aromatic amines is 1. The van der Waals surface area contributed by atoms with Gasteiger partial charge in [-0.3, -0.25) is 29.0 Å². The van der Waals surface area contributed by atoms with E-state index in [1.54, 1.807) is 26.1 Å². The molecular formula is C33H50N9O11P2SSi+. The van der Waals surface area contributed by atoms with Crippen LogP contribution in [0.1, 0.15) is 60.1 Å². The normalized spacial score (nSPS) is 25.4. The second kappa shape index (κ2) is 18.8. The van der Waals surface area contributed by atoms with Gasteiger partial charge < -0.3 is 28.6 Å². The molecule has 312 valence electrons. The number of hydrogen-bond acceptors (Lipinski definition) is 17. The molecule has 1 amide bonds. The number of nitrogens with one attached hydrogen (secondary N) is 3. The summed E-state index contributed by atoms with van der Waals surface area (Å²) in [6.45, 7) is 8.93. The van der Waals surface area contributed by atoms with Crippen molar-refractivity contribution < 1.29 is 46.6 Å². The third-order valence-electron chi connectivity index (χ3n) is 10.1. The highest BCUT2D eigenvalue weighted by Crippen LogP contribution is 2.56. The first kappa shape index (κ1) is 44.9. The Morgan fingerprint density at radius 2 is 2.02 bits per heavy atom. The van der Waals surface area contributed by atoms with Crippen LogP contribution >= 0.6 is 15.0 Å². The number of amides is 1. The summed E-state index contributed by atoms with van der Waals surface area (Å²) in [5.41, 5.74) is -0.651. The molecule has 5 rings (SSSR count). The van der Waals surface area contributed by atoms with Gasteiger partial charge in [-0.1, -0.05) is 34.6 Å². The highest BCUT2D eigenvalue weighted by molar-refractivity contribution is 8.07. The third-order valence-corrected chi connectivity index (χ3v) is 17.4. The molecule has 0 radical (unpaired) electrons. The Hall–Kier alpha value is -3.16. The lowest BCUT2D eigenvalue weighted by Crippen LogP contribution is -2.50. The number of nitrogens with zero attached hydrogens (tertiary/aromatic N) is 6. The van der Waals surface area contributed by atoms with E-state index >= 15 is 0 Å². The monoisotopic (exact) mass is 870 g/mol. The van der Waals surface area contributed by atoms with Crippen LogP contribution < -0.4 is 16.2 Å². The van der Waals surface area contributed by atoms with E-state index in [0.29, 0.717) is 18.7 Å². The molecule has 0 aromatic carbocycles. The average molecular weight is 871 g/mol. The van der Waals surface area contributed by atoms with Gasteiger partial charge >= 0.3 is 15.0 Å². The first-order valence-corrected chi connectivity index (χ1v) is 25.0. The molecule has 4 heterocycles. The van der Waals surface area contributed by atoms with Gasteiger partial charge in [-0.15, -0.1) is 9.42 Å². The van der Waals surface area contributed by atoms with E-state index < -0.39 is 77.9 Å². The maximum Gasteiger partial charge on any atom is 0.695 e. The van der Waals surface area contributed by atoms with Crippen LogP contribution in [0.3, 0.4) is 0 Å². The molecular weight excluding hydrogens is 821 g/mol. The van der Waals surface area contributed by atoms with Crippen molar-refractivity contribution >= 4 is 63.9 Å². The summed E-state index contributed by atoms with van der Waals surface area (Å²) in [5, 5.41) is 25.7. The molecule has 2 unspecified atom stereocenters. The first-order valence-electron chi connectivity index (χ1n) is 18.4. The van der Waals surface area contributed by atoms with E-state index in [9.17, 15) is 29.4 Å². The number of carbonyl (C=O) groups excluding carboxylic acids is 1. The molecule has 2 aliphatic rings. The quantitative estimate of drug-likeness (QED) is 0.0679. The minimum Gasteiger partial charge on any atom is -0.408 e. The molecule has 1 saturated heterocycles. The summed E-state index contributed by atoms with van der Waals surface area (Å²) < 4.78 is 51.2. The van der Waals surface area contributed by atoms with Gasteiger partial charge in [0.2, 0.25) is 11.9 Å². The summed E-state index contributed by atoms with van der Waals surface area (Å²) >= 11 is 6.03. The van der Waals surface area contributed by atoms with Crippen LogP contribution in [0.2, 0.25) is 18.1 Å². The van der Waals surface area contributed by atoms with Crippen LogP contribution in [0.25, 0.3) is 11.2 Å². The van der Waals surface area contributed by atoms with Crippen molar-refractivity contribution in [1.29, 1.82) is 5.26 Å². The summed E-state index contributed by atoms with van der Waals surface area (Å²) in [6, 6.07) is 3.50. The van der Waals surface area contributed by atoms with Crippen molar-refractivity contribution in [3.05, 3.63) is 35.3 Å². The van der Waals surface area contributed by atoms with E-state index in [1.165, 1.54) is 17.2 Å². The van der Waals surface area contributed by atoms with E-state index in [4.69, 9.17) is 39.1 Å². The zero-order valence-electron chi connectivity index (χ0n) is 32.7. The van der Waals surface area contributed by atoms with Gasteiger partial charge in [0.25, 0.3) is 5.56 Å². The molecule has 1 aliphatic carbocycles. The SMILES string of the molecule is CC(C)C(=O)Nc1nc2c(ncn2[C@@H]2O[C@H](CO)[C@@H](O[Si](C)(C)C(C)(C)C)[C@H]2OP(=S)(OCCC#N)OC[C@H]2C[C@@H](Nc3ccncn3)C[C@@H]2O[P+](=O)O)c(=O)[nH]1. The minimum atomic E-state index is -3.88. The zero-order chi connectivity index (χ0) is 41.7. The number of aliphatic hydroxyl groups excluding tert-OH is 1. The van der Waals surface area contributed by atoms with Gasteiger partial charge in [-0.2, -0.15) is 10.2 Å². The Morgan fingerprint density at radius 3 is 2.65 bits per heavy atom. The standard InChI is InChI=1S/C33H49N9O11P2SSi/c1-19(2)29(44)40-32-39-28-25(30(45)41-32)37-18-42(28)31-27(26(23(15-43)50-31)53-57(6,7)33(3,4)5)52-55(56,48-12-8-10-34)49-16-20-13-21(14-22(20)51-54(46)47)38-24-9-11-35-17-36-24/h9,11,17-23,26-27,31,43H,8,12-16H2,1-7H3,(H3-,35,36,38,39,40,41,44,45,46,47)/p+1/t20-,21-,22+,23-,26-,27-,31-,55?/m1/s1. The van der Waals surface area contributed by atoms with Gasteiger partial charge in [-0.25, -0.2) is 15.0 Å². The third kappa shape index (κ3) is 11.1. The van der Waals surface area contributed by atoms with Crippen molar-refractivity contribution in [3.8, 4) is 6.07 Å². The van der Waals surface area contributed by atoms with Crippen LogP contribution in [0.5, 0.6) is 0 Å².